The molecule has 0 unspecified atom stereocenters. The molecule has 3 heterocycles. The summed E-state index contributed by atoms with van der Waals surface area (Å²) in [5, 5.41) is 1.15. The van der Waals surface area contributed by atoms with Crippen LogP contribution in [0.5, 0.6) is 0 Å². The van der Waals surface area contributed by atoms with Crippen LogP contribution in [0.25, 0.3) is 33.3 Å². The Morgan fingerprint density at radius 1 is 1.10 bits per heavy atom. The lowest BCUT2D eigenvalue weighted by Gasteiger charge is -2.01. The number of pyridine rings is 2. The highest BCUT2D eigenvalue weighted by atomic mass is 16.3. The van der Waals surface area contributed by atoms with Gasteiger partial charge in [-0.25, -0.2) is 4.98 Å². The molecule has 102 valence electrons. The highest BCUT2D eigenvalue weighted by molar-refractivity contribution is 6.08. The average Bonchev–Trinajstić information content (AvgIpc) is 3.01. The van der Waals surface area contributed by atoms with Crippen LogP contribution in [-0.2, 0) is 0 Å². The lowest BCUT2D eigenvalue weighted by Crippen LogP contribution is -1.84. The second-order valence-corrected chi connectivity index (χ2v) is 4.53. The molecule has 0 aliphatic rings. The van der Waals surface area contributed by atoms with Gasteiger partial charge in [0.15, 0.2) is 0 Å². The molecule has 0 spiro atoms. The topological polar surface area (TPSA) is 38.9 Å². The Labute approximate surface area is 134 Å². The van der Waals surface area contributed by atoms with E-state index in [0.29, 0.717) is 10.8 Å². The molecule has 0 aliphatic carbocycles. The van der Waals surface area contributed by atoms with Crippen LogP contribution in [-0.4, -0.2) is 9.97 Å². The molecule has 0 radical (unpaired) electrons. The van der Waals surface area contributed by atoms with Crippen molar-refractivity contribution in [3.8, 4) is 11.3 Å². The molecule has 3 nitrogen and oxygen atoms in total. The van der Waals surface area contributed by atoms with E-state index in [0.717, 1.165) is 0 Å². The second-order valence-electron chi connectivity index (χ2n) is 4.53. The van der Waals surface area contributed by atoms with Crippen LogP contribution >= 0.6 is 0 Å². The van der Waals surface area contributed by atoms with Gasteiger partial charge in [-0.1, -0.05) is 18.2 Å². The van der Waals surface area contributed by atoms with Crippen molar-refractivity contribution in [2.75, 3.05) is 0 Å². The van der Waals surface area contributed by atoms with Gasteiger partial charge in [0.05, 0.1) is 9.81 Å². The third-order valence-electron chi connectivity index (χ3n) is 3.20. The number of benzene rings is 1. The van der Waals surface area contributed by atoms with E-state index in [1.807, 2.05) is 0 Å². The van der Waals surface area contributed by atoms with Crippen LogP contribution in [0.3, 0.4) is 0 Å². The highest BCUT2D eigenvalue weighted by Crippen LogP contribution is 2.34. The lowest BCUT2D eigenvalue weighted by molar-refractivity contribution is 0.653. The first-order valence-corrected chi connectivity index (χ1v) is 6.21. The van der Waals surface area contributed by atoms with Gasteiger partial charge >= 0.3 is 0 Å². The molecule has 4 aromatic rings. The minimum absolute atomic E-state index is 0.0706. The van der Waals surface area contributed by atoms with Crippen molar-refractivity contribution in [1.82, 2.24) is 9.97 Å². The van der Waals surface area contributed by atoms with E-state index in [-0.39, 0.29) is 28.2 Å². The number of aromatic nitrogens is 2. The lowest BCUT2D eigenvalue weighted by atomic mass is 10.1. The molecule has 0 saturated carbocycles. The maximum atomic E-state index is 8.26. The molecule has 0 saturated heterocycles. The number of furan rings is 1. The summed E-state index contributed by atoms with van der Waals surface area (Å²) < 4.78 is 75.1. The standard InChI is InChI=1S/C18H14N2O/c1-11-6-9-16(19-10-11)15-5-3-4-13-14-8-7-12(2)20-18(14)21-17(13)15/h3-10H,1-2H3/i1D3,2D3,6D,9D,10D. The van der Waals surface area contributed by atoms with Crippen molar-refractivity contribution in [2.45, 2.75) is 13.7 Å². The summed E-state index contributed by atoms with van der Waals surface area (Å²) in [6.07, 6.45) is -0.609. The van der Waals surface area contributed by atoms with Gasteiger partial charge in [-0.15, -0.1) is 0 Å². The van der Waals surface area contributed by atoms with E-state index in [1.165, 1.54) is 6.07 Å². The Kier molecular flexibility index (Phi) is 1.26. The SMILES string of the molecule is [2H]c1nc(-c2cccc3c2oc2nc(C([2H])([2H])[2H])ccc23)c([2H])c([2H])c1C([2H])([2H])[2H]. The van der Waals surface area contributed by atoms with E-state index in [2.05, 4.69) is 9.97 Å². The molecular weight excluding hydrogens is 260 g/mol. The maximum Gasteiger partial charge on any atom is 0.227 e. The molecule has 0 aliphatic heterocycles. The van der Waals surface area contributed by atoms with Crippen LogP contribution in [0.1, 0.15) is 23.6 Å². The minimum atomic E-state index is -2.74. The van der Waals surface area contributed by atoms with Gasteiger partial charge in [0.1, 0.15) is 5.58 Å². The normalized spacial score (nSPS) is 18.8. The van der Waals surface area contributed by atoms with Gasteiger partial charge < -0.3 is 4.42 Å². The monoisotopic (exact) mass is 283 g/mol. The van der Waals surface area contributed by atoms with Crippen LogP contribution < -0.4 is 0 Å². The Morgan fingerprint density at radius 2 is 2.10 bits per heavy atom. The molecule has 0 bridgehead atoms. The largest absolute Gasteiger partial charge is 0.437 e. The summed E-state index contributed by atoms with van der Waals surface area (Å²) >= 11 is 0. The number of fused-ring (bicyclic) bond motifs is 3. The van der Waals surface area contributed by atoms with Crippen molar-refractivity contribution in [3.63, 3.8) is 0 Å². The number of rotatable bonds is 1. The first-order chi connectivity index (χ1) is 13.9. The van der Waals surface area contributed by atoms with E-state index in [1.54, 1.807) is 24.3 Å². The number of aryl methyl sites for hydroxylation is 1. The predicted octanol–water partition coefficient (Wildman–Crippen LogP) is 4.66. The molecule has 0 atom stereocenters. The van der Waals surface area contributed by atoms with E-state index >= 15 is 0 Å². The zero-order valence-electron chi connectivity index (χ0n) is 19.7. The Morgan fingerprint density at radius 3 is 3.00 bits per heavy atom. The highest BCUT2D eigenvalue weighted by Gasteiger charge is 2.13. The minimum Gasteiger partial charge on any atom is -0.437 e. The van der Waals surface area contributed by atoms with Crippen molar-refractivity contribution in [3.05, 3.63) is 59.8 Å². The van der Waals surface area contributed by atoms with E-state index < -0.39 is 37.5 Å². The van der Waals surface area contributed by atoms with Crippen LogP contribution in [0.2, 0.25) is 0 Å². The summed E-state index contributed by atoms with van der Waals surface area (Å²) in [6, 6.07) is 6.89. The summed E-state index contributed by atoms with van der Waals surface area (Å²) in [5.74, 6) is 0. The van der Waals surface area contributed by atoms with Gasteiger partial charge in [-0.3, -0.25) is 4.98 Å². The fraction of sp³-hybridized carbons (Fsp3) is 0.111. The molecule has 0 fully saturated rings. The summed E-state index contributed by atoms with van der Waals surface area (Å²) in [6.45, 7) is -5.15. The first kappa shape index (κ1) is 5.98. The molecule has 3 aromatic heterocycles. The third kappa shape index (κ3) is 1.89. The van der Waals surface area contributed by atoms with Crippen molar-refractivity contribution < 1.29 is 16.8 Å². The average molecular weight is 283 g/mol. The van der Waals surface area contributed by atoms with E-state index in [9.17, 15) is 0 Å². The second kappa shape index (κ2) is 4.42. The van der Waals surface area contributed by atoms with Crippen molar-refractivity contribution >= 4 is 22.1 Å². The summed E-state index contributed by atoms with van der Waals surface area (Å²) in [7, 11) is 0. The smallest absolute Gasteiger partial charge is 0.227 e. The molecule has 21 heavy (non-hydrogen) atoms. The van der Waals surface area contributed by atoms with Gasteiger partial charge in [0.25, 0.3) is 0 Å². The Bertz CT molecular complexity index is 1310. The number of nitrogens with zero attached hydrogens (tertiary/aromatic N) is 2. The molecule has 3 heteroatoms. The third-order valence-corrected chi connectivity index (χ3v) is 3.20. The zero-order chi connectivity index (χ0) is 22.0. The quantitative estimate of drug-likeness (QED) is 0.510. The molecular formula is C18H14N2O. The van der Waals surface area contributed by atoms with Crippen LogP contribution in [0, 0.1) is 13.7 Å². The Balaban J connectivity index is 2.00. The van der Waals surface area contributed by atoms with Gasteiger partial charge in [0, 0.05) is 36.4 Å². The number of hydrogen-bond donors (Lipinski definition) is 0. The number of para-hydroxylation sites is 1. The van der Waals surface area contributed by atoms with Gasteiger partial charge in [0.2, 0.25) is 5.71 Å². The maximum absolute atomic E-state index is 8.26. The fourth-order valence-electron chi connectivity index (χ4n) is 2.28. The van der Waals surface area contributed by atoms with E-state index in [4.69, 9.17) is 16.8 Å². The Hall–Kier alpha value is -2.68. The van der Waals surface area contributed by atoms with Crippen LogP contribution in [0.15, 0.2) is 53.0 Å². The zero-order valence-corrected chi connectivity index (χ0v) is 10.7. The number of hydrogen-bond acceptors (Lipinski definition) is 3. The molecule has 4 rings (SSSR count). The van der Waals surface area contributed by atoms with Gasteiger partial charge in [-0.05, 0) is 43.5 Å². The van der Waals surface area contributed by atoms with Gasteiger partial charge in [-0.2, -0.15) is 0 Å². The van der Waals surface area contributed by atoms with Crippen molar-refractivity contribution in [2.24, 2.45) is 0 Å². The molecule has 1 aromatic carbocycles. The first-order valence-electron chi connectivity index (χ1n) is 10.7. The summed E-state index contributed by atoms with van der Waals surface area (Å²) in [4.78, 5) is 8.05. The fourth-order valence-corrected chi connectivity index (χ4v) is 2.28. The van der Waals surface area contributed by atoms with Crippen LogP contribution in [0.4, 0.5) is 0 Å². The molecule has 0 amide bonds. The van der Waals surface area contributed by atoms with Crippen molar-refractivity contribution in [1.29, 1.82) is 0 Å². The molecule has 0 N–H and O–H groups in total. The summed E-state index contributed by atoms with van der Waals surface area (Å²) in [5.41, 5.74) is -0.155. The predicted molar refractivity (Wildman–Crippen MR) is 84.2 cm³/mol.